The molecule has 0 amide bonds. The molecule has 0 bridgehead atoms. The number of halogens is 3. The molecular formula is C12H10Cl3NOS2. The molecule has 0 N–H and O–H groups in total. The molecular weight excluding hydrogens is 345 g/mol. The van der Waals surface area contributed by atoms with E-state index in [0.717, 1.165) is 9.21 Å². The van der Waals surface area contributed by atoms with Crippen LogP contribution in [-0.2, 0) is 6.54 Å². The molecule has 2 rings (SSSR count). The maximum absolute atomic E-state index is 12.1. The molecule has 0 aromatic carbocycles. The number of hydrogen-bond acceptors (Lipinski definition) is 4. The van der Waals surface area contributed by atoms with Crippen molar-refractivity contribution in [2.75, 3.05) is 13.6 Å². The highest BCUT2D eigenvalue weighted by molar-refractivity contribution is 7.20. The number of likely N-dealkylation sites (N-methyl/N-ethyl adjacent to an activating group) is 1. The quantitative estimate of drug-likeness (QED) is 0.697. The van der Waals surface area contributed by atoms with E-state index in [1.165, 1.54) is 22.7 Å². The fourth-order valence-corrected chi connectivity index (χ4v) is 4.29. The maximum Gasteiger partial charge on any atom is 0.179 e. The van der Waals surface area contributed by atoms with Crippen LogP contribution < -0.4 is 0 Å². The summed E-state index contributed by atoms with van der Waals surface area (Å²) in [4.78, 5) is 15.1. The van der Waals surface area contributed by atoms with Gasteiger partial charge in [0.15, 0.2) is 5.78 Å². The molecule has 7 heteroatoms. The smallest absolute Gasteiger partial charge is 0.179 e. The molecule has 2 aromatic heterocycles. The van der Waals surface area contributed by atoms with Crippen molar-refractivity contribution in [1.29, 1.82) is 0 Å². The Labute approximate surface area is 134 Å². The third-order valence-corrected chi connectivity index (χ3v) is 5.13. The number of nitrogens with zero attached hydrogens (tertiary/aromatic N) is 1. The van der Waals surface area contributed by atoms with E-state index in [1.54, 1.807) is 6.07 Å². The normalized spacial score (nSPS) is 11.2. The number of thiophene rings is 2. The summed E-state index contributed by atoms with van der Waals surface area (Å²) in [5.41, 5.74) is 0.493. The Morgan fingerprint density at radius 1 is 1.21 bits per heavy atom. The van der Waals surface area contributed by atoms with E-state index in [4.69, 9.17) is 34.8 Å². The van der Waals surface area contributed by atoms with Crippen LogP contribution in [0.1, 0.15) is 15.2 Å². The van der Waals surface area contributed by atoms with Gasteiger partial charge in [0.1, 0.15) is 4.34 Å². The van der Waals surface area contributed by atoms with Crippen molar-refractivity contribution in [1.82, 2.24) is 4.90 Å². The Kier molecular flexibility index (Phi) is 5.29. The van der Waals surface area contributed by atoms with Crippen molar-refractivity contribution in [3.63, 3.8) is 0 Å². The Hall–Kier alpha value is -0.100. The Morgan fingerprint density at radius 3 is 2.47 bits per heavy atom. The molecule has 2 aromatic rings. The predicted octanol–water partition coefficient (Wildman–Crippen LogP) is 5.08. The molecule has 2 heterocycles. The van der Waals surface area contributed by atoms with Gasteiger partial charge >= 0.3 is 0 Å². The van der Waals surface area contributed by atoms with Crippen LogP contribution in [0.3, 0.4) is 0 Å². The molecule has 0 fully saturated rings. The van der Waals surface area contributed by atoms with E-state index in [1.807, 2.05) is 24.1 Å². The Morgan fingerprint density at radius 2 is 1.95 bits per heavy atom. The first-order valence-corrected chi connectivity index (χ1v) is 8.13. The van der Waals surface area contributed by atoms with E-state index < -0.39 is 0 Å². The van der Waals surface area contributed by atoms with E-state index in [-0.39, 0.29) is 5.78 Å². The van der Waals surface area contributed by atoms with Crippen LogP contribution >= 0.6 is 57.5 Å². The third-order valence-electron chi connectivity index (χ3n) is 2.43. The van der Waals surface area contributed by atoms with Gasteiger partial charge in [-0.05, 0) is 25.2 Å². The summed E-state index contributed by atoms with van der Waals surface area (Å²) in [7, 11) is 1.88. The fraction of sp³-hybridized carbons (Fsp3) is 0.250. The first-order valence-electron chi connectivity index (χ1n) is 5.36. The summed E-state index contributed by atoms with van der Waals surface area (Å²) in [6, 6.07) is 5.43. The van der Waals surface area contributed by atoms with Crippen LogP contribution in [0.25, 0.3) is 0 Å². The molecule has 0 saturated heterocycles. The number of carbonyl (C=O) groups excluding carboxylic acids is 1. The number of rotatable bonds is 5. The highest BCUT2D eigenvalue weighted by Gasteiger charge is 2.16. The highest BCUT2D eigenvalue weighted by atomic mass is 35.5. The molecule has 0 saturated carbocycles. The average Bonchev–Trinajstić information content (AvgIpc) is 2.84. The summed E-state index contributed by atoms with van der Waals surface area (Å²) in [5, 5.41) is 0. The number of carbonyl (C=O) groups is 1. The van der Waals surface area contributed by atoms with Crippen molar-refractivity contribution < 1.29 is 4.79 Å². The second-order valence-corrected chi connectivity index (χ2v) is 8.12. The van der Waals surface area contributed by atoms with Gasteiger partial charge in [-0.2, -0.15) is 0 Å². The van der Waals surface area contributed by atoms with E-state index in [2.05, 4.69) is 0 Å². The number of Topliss-reactive ketones (excluding diaryl/α,β-unsaturated/α-hetero) is 1. The Balaban J connectivity index is 1.97. The minimum absolute atomic E-state index is 0.0293. The average molecular weight is 355 g/mol. The van der Waals surface area contributed by atoms with E-state index in [0.29, 0.717) is 27.3 Å². The zero-order valence-electron chi connectivity index (χ0n) is 9.95. The number of ketones is 1. The Bertz CT molecular complexity index is 594. The molecule has 0 aliphatic rings. The summed E-state index contributed by atoms with van der Waals surface area (Å²) in [6.07, 6.45) is 0. The van der Waals surface area contributed by atoms with Gasteiger partial charge in [0, 0.05) is 11.4 Å². The molecule has 0 aliphatic heterocycles. The van der Waals surface area contributed by atoms with Crippen LogP contribution in [0.4, 0.5) is 0 Å². The van der Waals surface area contributed by atoms with Crippen LogP contribution in [0.2, 0.25) is 13.0 Å². The van der Waals surface area contributed by atoms with Crippen molar-refractivity contribution in [3.8, 4) is 0 Å². The summed E-state index contributed by atoms with van der Waals surface area (Å²) < 4.78 is 1.73. The monoisotopic (exact) mass is 353 g/mol. The minimum atomic E-state index is -0.0293. The summed E-state index contributed by atoms with van der Waals surface area (Å²) in [6.45, 7) is 0.973. The lowest BCUT2D eigenvalue weighted by atomic mass is 10.2. The topological polar surface area (TPSA) is 20.3 Å². The lowest BCUT2D eigenvalue weighted by molar-refractivity contribution is 0.0944. The zero-order valence-corrected chi connectivity index (χ0v) is 13.9. The van der Waals surface area contributed by atoms with Gasteiger partial charge in [-0.3, -0.25) is 9.69 Å². The molecule has 19 heavy (non-hydrogen) atoms. The third kappa shape index (κ3) is 4.18. The lowest BCUT2D eigenvalue weighted by Crippen LogP contribution is -2.25. The molecule has 2 nitrogen and oxygen atoms in total. The lowest BCUT2D eigenvalue weighted by Gasteiger charge is -2.14. The molecule has 0 spiro atoms. The second-order valence-electron chi connectivity index (χ2n) is 4.04. The molecule has 0 unspecified atom stereocenters. The van der Waals surface area contributed by atoms with Crippen LogP contribution in [0.15, 0.2) is 18.2 Å². The first-order chi connectivity index (χ1) is 8.95. The van der Waals surface area contributed by atoms with Crippen molar-refractivity contribution in [2.45, 2.75) is 6.54 Å². The molecule has 0 atom stereocenters. The van der Waals surface area contributed by atoms with E-state index >= 15 is 0 Å². The second kappa shape index (κ2) is 6.57. The van der Waals surface area contributed by atoms with Crippen molar-refractivity contribution >= 4 is 63.3 Å². The molecule has 0 radical (unpaired) electrons. The van der Waals surface area contributed by atoms with Gasteiger partial charge in [0.2, 0.25) is 0 Å². The standard InChI is InChI=1S/C12H10Cl3NOS2/c1-16(5-7-2-3-10(13)18-7)6-9(17)8-4-11(14)19-12(8)15/h2-4H,5-6H2,1H3. The van der Waals surface area contributed by atoms with Gasteiger partial charge in [-0.15, -0.1) is 22.7 Å². The molecule has 102 valence electrons. The predicted molar refractivity (Wildman–Crippen MR) is 84.3 cm³/mol. The van der Waals surface area contributed by atoms with E-state index in [9.17, 15) is 4.79 Å². The summed E-state index contributed by atoms with van der Waals surface area (Å²) in [5.74, 6) is -0.0293. The van der Waals surface area contributed by atoms with Gasteiger partial charge in [-0.1, -0.05) is 34.8 Å². The van der Waals surface area contributed by atoms with Gasteiger partial charge < -0.3 is 0 Å². The van der Waals surface area contributed by atoms with Crippen LogP contribution in [0, 0.1) is 0 Å². The van der Waals surface area contributed by atoms with Gasteiger partial charge in [-0.25, -0.2) is 0 Å². The SMILES string of the molecule is CN(CC(=O)c1cc(Cl)sc1Cl)Cc1ccc(Cl)s1. The zero-order chi connectivity index (χ0) is 14.0. The van der Waals surface area contributed by atoms with Crippen LogP contribution in [-0.4, -0.2) is 24.3 Å². The largest absolute Gasteiger partial charge is 0.294 e. The number of hydrogen-bond donors (Lipinski definition) is 0. The van der Waals surface area contributed by atoms with Gasteiger partial charge in [0.05, 0.1) is 20.8 Å². The van der Waals surface area contributed by atoms with Crippen molar-refractivity contribution in [2.24, 2.45) is 0 Å². The molecule has 0 aliphatic carbocycles. The van der Waals surface area contributed by atoms with Crippen LogP contribution in [0.5, 0.6) is 0 Å². The highest BCUT2D eigenvalue weighted by Crippen LogP contribution is 2.31. The summed E-state index contributed by atoms with van der Waals surface area (Å²) >= 11 is 20.4. The van der Waals surface area contributed by atoms with Gasteiger partial charge in [0.25, 0.3) is 0 Å². The first kappa shape index (κ1) is 15.3. The van der Waals surface area contributed by atoms with Crippen molar-refractivity contribution in [3.05, 3.63) is 41.6 Å². The maximum atomic E-state index is 12.1. The fourth-order valence-electron chi connectivity index (χ4n) is 1.62. The minimum Gasteiger partial charge on any atom is -0.294 e.